The van der Waals surface area contributed by atoms with Gasteiger partial charge in [-0.2, -0.15) is 0 Å². The molecule has 5 heteroatoms. The van der Waals surface area contributed by atoms with Gasteiger partial charge in [0.25, 0.3) is 0 Å². The number of sulfone groups is 1. The molecule has 0 amide bonds. The van der Waals surface area contributed by atoms with Crippen LogP contribution in [0.25, 0.3) is 0 Å². The molecule has 1 rings (SSSR count). The summed E-state index contributed by atoms with van der Waals surface area (Å²) < 4.78 is 23.9. The van der Waals surface area contributed by atoms with E-state index in [0.29, 0.717) is 4.21 Å². The zero-order chi connectivity index (χ0) is 10.8. The normalized spacial score (nSPS) is 13.1. The molecule has 1 aromatic rings. The van der Waals surface area contributed by atoms with Crippen LogP contribution in [0.1, 0.15) is 13.8 Å². The molecule has 0 saturated carbocycles. The second-order valence-corrected chi connectivity index (χ2v) is 7.18. The first-order valence-corrected chi connectivity index (χ1v) is 6.78. The van der Waals surface area contributed by atoms with Crippen LogP contribution in [0.4, 0.5) is 0 Å². The molecule has 1 N–H and O–H groups in total. The minimum atomic E-state index is -3.23. The van der Waals surface area contributed by atoms with Gasteiger partial charge in [-0.1, -0.05) is 19.9 Å². The van der Waals surface area contributed by atoms with Gasteiger partial charge in [0.2, 0.25) is 0 Å². The lowest BCUT2D eigenvalue weighted by molar-refractivity contribution is 0.179. The molecule has 0 aliphatic heterocycles. The largest absolute Gasteiger partial charge is 0.396 e. The third kappa shape index (κ3) is 2.80. The Kier molecular flexibility index (Phi) is 3.34. The van der Waals surface area contributed by atoms with E-state index in [2.05, 4.69) is 0 Å². The van der Waals surface area contributed by atoms with E-state index in [1.165, 1.54) is 11.3 Å². The molecule has 0 aliphatic carbocycles. The summed E-state index contributed by atoms with van der Waals surface area (Å²) >= 11 is 1.21. The van der Waals surface area contributed by atoms with Crippen LogP contribution in [0.15, 0.2) is 21.7 Å². The van der Waals surface area contributed by atoms with Gasteiger partial charge in [-0.05, 0) is 11.4 Å². The van der Waals surface area contributed by atoms with Crippen molar-refractivity contribution in [3.05, 3.63) is 17.5 Å². The van der Waals surface area contributed by atoms with Gasteiger partial charge in [0.15, 0.2) is 9.84 Å². The quantitative estimate of drug-likeness (QED) is 0.859. The van der Waals surface area contributed by atoms with Crippen molar-refractivity contribution in [1.82, 2.24) is 0 Å². The van der Waals surface area contributed by atoms with Gasteiger partial charge in [0.1, 0.15) is 4.21 Å². The molecule has 3 nitrogen and oxygen atoms in total. The molecule has 0 bridgehead atoms. The Morgan fingerprint density at radius 3 is 2.57 bits per heavy atom. The highest BCUT2D eigenvalue weighted by atomic mass is 32.2. The van der Waals surface area contributed by atoms with Crippen LogP contribution in [-0.2, 0) is 9.84 Å². The summed E-state index contributed by atoms with van der Waals surface area (Å²) in [5.41, 5.74) is -0.581. The second kappa shape index (κ2) is 4.00. The molecular weight excluding hydrogens is 220 g/mol. The minimum absolute atomic E-state index is 0.0169. The van der Waals surface area contributed by atoms with Crippen LogP contribution >= 0.6 is 11.3 Å². The number of hydrogen-bond acceptors (Lipinski definition) is 4. The number of rotatable bonds is 4. The Morgan fingerprint density at radius 2 is 2.14 bits per heavy atom. The zero-order valence-corrected chi connectivity index (χ0v) is 9.86. The van der Waals surface area contributed by atoms with Crippen molar-refractivity contribution in [3.63, 3.8) is 0 Å². The van der Waals surface area contributed by atoms with Crippen LogP contribution in [0, 0.1) is 5.41 Å². The van der Waals surface area contributed by atoms with Gasteiger partial charge < -0.3 is 5.11 Å². The third-order valence-corrected chi connectivity index (χ3v) is 5.43. The topological polar surface area (TPSA) is 54.4 Å². The minimum Gasteiger partial charge on any atom is -0.396 e. The van der Waals surface area contributed by atoms with Crippen LogP contribution in [0.2, 0.25) is 0 Å². The van der Waals surface area contributed by atoms with Crippen molar-refractivity contribution >= 4 is 21.2 Å². The number of aliphatic hydroxyl groups is 1. The lowest BCUT2D eigenvalue weighted by Gasteiger charge is -2.20. The van der Waals surface area contributed by atoms with Gasteiger partial charge in [0.05, 0.1) is 5.75 Å². The third-order valence-electron chi connectivity index (χ3n) is 1.81. The monoisotopic (exact) mass is 234 g/mol. The van der Waals surface area contributed by atoms with Gasteiger partial charge in [-0.15, -0.1) is 11.3 Å². The summed E-state index contributed by atoms with van der Waals surface area (Å²) in [4.78, 5) is 0. The highest BCUT2D eigenvalue weighted by Crippen LogP contribution is 2.24. The summed E-state index contributed by atoms with van der Waals surface area (Å²) in [7, 11) is -3.23. The van der Waals surface area contributed by atoms with E-state index in [4.69, 9.17) is 5.11 Å². The molecule has 0 fully saturated rings. The maximum absolute atomic E-state index is 11.8. The van der Waals surface area contributed by atoms with Crippen LogP contribution < -0.4 is 0 Å². The first kappa shape index (κ1) is 11.7. The van der Waals surface area contributed by atoms with Crippen molar-refractivity contribution in [3.8, 4) is 0 Å². The fourth-order valence-corrected chi connectivity index (χ4v) is 4.00. The first-order chi connectivity index (χ1) is 6.37. The molecule has 0 radical (unpaired) electrons. The van der Waals surface area contributed by atoms with Crippen LogP contribution in [0.5, 0.6) is 0 Å². The van der Waals surface area contributed by atoms with Gasteiger partial charge in [0, 0.05) is 12.0 Å². The Hall–Kier alpha value is -0.390. The molecule has 0 aromatic carbocycles. The smallest absolute Gasteiger partial charge is 0.188 e. The Morgan fingerprint density at radius 1 is 1.50 bits per heavy atom. The van der Waals surface area contributed by atoms with Crippen molar-refractivity contribution in [1.29, 1.82) is 0 Å². The summed E-state index contributed by atoms with van der Waals surface area (Å²) in [6.07, 6.45) is 0. The fourth-order valence-electron chi connectivity index (χ4n) is 1.07. The predicted molar refractivity (Wildman–Crippen MR) is 57.2 cm³/mol. The summed E-state index contributed by atoms with van der Waals surface area (Å²) in [6.45, 7) is 3.34. The lowest BCUT2D eigenvalue weighted by atomic mass is 9.98. The van der Waals surface area contributed by atoms with E-state index in [1.807, 2.05) is 0 Å². The van der Waals surface area contributed by atoms with E-state index >= 15 is 0 Å². The summed E-state index contributed by atoms with van der Waals surface area (Å²) in [5.74, 6) is -0.0169. The number of aliphatic hydroxyl groups excluding tert-OH is 1. The standard InChI is InChI=1S/C9H14O3S2/c1-9(2,6-10)7-14(11,12)8-4-3-5-13-8/h3-5,10H,6-7H2,1-2H3. The van der Waals surface area contributed by atoms with Crippen molar-refractivity contribution < 1.29 is 13.5 Å². The molecule has 0 saturated heterocycles. The second-order valence-electron chi connectivity index (χ2n) is 4.01. The molecule has 1 aromatic heterocycles. The molecule has 0 spiro atoms. The average molecular weight is 234 g/mol. The molecular formula is C9H14O3S2. The molecule has 80 valence electrons. The van der Waals surface area contributed by atoms with Gasteiger partial charge in [-0.25, -0.2) is 8.42 Å². The van der Waals surface area contributed by atoms with E-state index in [1.54, 1.807) is 31.4 Å². The van der Waals surface area contributed by atoms with Gasteiger partial charge >= 0.3 is 0 Å². The molecule has 0 unspecified atom stereocenters. The van der Waals surface area contributed by atoms with Crippen molar-refractivity contribution in [2.24, 2.45) is 5.41 Å². The van der Waals surface area contributed by atoms with Crippen molar-refractivity contribution in [2.75, 3.05) is 12.4 Å². The summed E-state index contributed by atoms with van der Waals surface area (Å²) in [5, 5.41) is 10.7. The SMILES string of the molecule is CC(C)(CO)CS(=O)(=O)c1cccs1. The maximum Gasteiger partial charge on any atom is 0.188 e. The average Bonchev–Trinajstić information content (AvgIpc) is 2.54. The first-order valence-electron chi connectivity index (χ1n) is 4.24. The van der Waals surface area contributed by atoms with Gasteiger partial charge in [-0.3, -0.25) is 0 Å². The predicted octanol–water partition coefficient (Wildman–Crippen LogP) is 1.54. The summed E-state index contributed by atoms with van der Waals surface area (Å²) in [6, 6.07) is 3.30. The van der Waals surface area contributed by atoms with E-state index in [-0.39, 0.29) is 12.4 Å². The highest BCUT2D eigenvalue weighted by Gasteiger charge is 2.27. The molecule has 1 heterocycles. The zero-order valence-electron chi connectivity index (χ0n) is 8.23. The molecule has 14 heavy (non-hydrogen) atoms. The fraction of sp³-hybridized carbons (Fsp3) is 0.556. The Bertz CT molecular complexity index is 376. The van der Waals surface area contributed by atoms with E-state index < -0.39 is 15.3 Å². The van der Waals surface area contributed by atoms with E-state index in [0.717, 1.165) is 0 Å². The van der Waals surface area contributed by atoms with Crippen LogP contribution in [0.3, 0.4) is 0 Å². The highest BCUT2D eigenvalue weighted by molar-refractivity contribution is 7.93. The number of thiophene rings is 1. The Balaban J connectivity index is 2.89. The number of hydrogen-bond donors (Lipinski definition) is 1. The molecule has 0 aliphatic rings. The van der Waals surface area contributed by atoms with E-state index in [9.17, 15) is 8.42 Å². The van der Waals surface area contributed by atoms with Crippen LogP contribution in [-0.4, -0.2) is 25.9 Å². The van der Waals surface area contributed by atoms with Crippen molar-refractivity contribution in [2.45, 2.75) is 18.1 Å². The maximum atomic E-state index is 11.8. The lowest BCUT2D eigenvalue weighted by Crippen LogP contribution is -2.27. The Labute approximate surface area is 88.3 Å². The molecule has 0 atom stereocenters.